The van der Waals surface area contributed by atoms with Gasteiger partial charge in [0.1, 0.15) is 5.56 Å². The molecule has 1 saturated heterocycles. The third-order valence-corrected chi connectivity index (χ3v) is 7.45. The molecule has 1 fully saturated rings. The molecular formula is C31H42N4O2. The maximum absolute atomic E-state index is 13.6. The largest absolute Gasteiger partial charge is 0.345 e. The molecule has 6 heteroatoms. The molecule has 0 saturated carbocycles. The number of hydrogen-bond donors (Lipinski definition) is 1. The number of amides is 1. The van der Waals surface area contributed by atoms with E-state index in [0.29, 0.717) is 11.1 Å². The van der Waals surface area contributed by atoms with E-state index in [9.17, 15) is 9.59 Å². The van der Waals surface area contributed by atoms with Crippen molar-refractivity contribution in [2.45, 2.75) is 58.9 Å². The van der Waals surface area contributed by atoms with E-state index >= 15 is 0 Å². The monoisotopic (exact) mass is 502 g/mol. The number of rotatable bonds is 5. The summed E-state index contributed by atoms with van der Waals surface area (Å²) in [5.74, 6) is -0.370. The van der Waals surface area contributed by atoms with E-state index in [4.69, 9.17) is 0 Å². The lowest BCUT2D eigenvalue weighted by Gasteiger charge is -2.32. The van der Waals surface area contributed by atoms with Crippen molar-refractivity contribution in [1.82, 2.24) is 14.4 Å². The molecular weight excluding hydrogens is 460 g/mol. The van der Waals surface area contributed by atoms with Gasteiger partial charge in [-0.25, -0.2) is 0 Å². The number of fused-ring (bicyclic) bond motifs is 1. The molecule has 37 heavy (non-hydrogen) atoms. The summed E-state index contributed by atoms with van der Waals surface area (Å²) in [6, 6.07) is 14.0. The molecule has 1 N–H and O–H groups in total. The van der Waals surface area contributed by atoms with Crippen LogP contribution in [-0.2, 0) is 17.4 Å². The highest BCUT2D eigenvalue weighted by molar-refractivity contribution is 6.05. The zero-order valence-electron chi connectivity index (χ0n) is 23.5. The normalized spacial score (nSPS) is 15.8. The van der Waals surface area contributed by atoms with Gasteiger partial charge in [0, 0.05) is 56.5 Å². The van der Waals surface area contributed by atoms with Gasteiger partial charge >= 0.3 is 0 Å². The lowest BCUT2D eigenvalue weighted by molar-refractivity contribution is 0.102. The molecule has 3 aromatic rings. The number of likely N-dealkylation sites (N-methyl/N-ethyl adjacent to an activating group) is 1. The third kappa shape index (κ3) is 6.31. The van der Waals surface area contributed by atoms with Gasteiger partial charge < -0.3 is 14.8 Å². The Bertz CT molecular complexity index is 1320. The van der Waals surface area contributed by atoms with Gasteiger partial charge in [-0.3, -0.25) is 14.5 Å². The zero-order valence-corrected chi connectivity index (χ0v) is 23.5. The molecule has 0 atom stereocenters. The number of pyridine rings is 1. The molecule has 4 rings (SSSR count). The minimum atomic E-state index is -0.370. The molecule has 1 aromatic heterocycles. The zero-order chi connectivity index (χ0) is 27.0. The van der Waals surface area contributed by atoms with Crippen LogP contribution >= 0.6 is 0 Å². The fourth-order valence-corrected chi connectivity index (χ4v) is 4.78. The number of hydrogen-bond acceptors (Lipinski definition) is 4. The van der Waals surface area contributed by atoms with Crippen LogP contribution in [0.1, 0.15) is 63.0 Å². The van der Waals surface area contributed by atoms with Crippen LogP contribution in [-0.4, -0.2) is 60.0 Å². The van der Waals surface area contributed by atoms with Crippen LogP contribution in [0.15, 0.2) is 53.5 Å². The number of anilines is 1. The number of nitrogens with zero attached hydrogens (tertiary/aromatic N) is 3. The minimum absolute atomic E-state index is 0.0309. The summed E-state index contributed by atoms with van der Waals surface area (Å²) in [6.45, 7) is 18.7. The molecule has 0 bridgehead atoms. The second-order valence-electron chi connectivity index (χ2n) is 12.5. The van der Waals surface area contributed by atoms with Gasteiger partial charge in [-0.05, 0) is 53.3 Å². The van der Waals surface area contributed by atoms with E-state index in [1.165, 1.54) is 5.56 Å². The number of carbonyl (C=O) groups excluding carboxylic acids is 1. The van der Waals surface area contributed by atoms with Crippen LogP contribution in [0.25, 0.3) is 10.9 Å². The van der Waals surface area contributed by atoms with Gasteiger partial charge in [0.25, 0.3) is 5.91 Å². The Hall–Kier alpha value is -2.96. The minimum Gasteiger partial charge on any atom is -0.345 e. The molecule has 1 aliphatic rings. The summed E-state index contributed by atoms with van der Waals surface area (Å²) in [5.41, 5.74) is 3.72. The molecule has 0 aliphatic carbocycles. The SMILES string of the molecule is CN1CCN(CCn2cc(C(=O)Nc3ccc(C(C)(C)C)cc3)c(=O)c3cc(C(C)(C)C)ccc32)CC1. The van der Waals surface area contributed by atoms with E-state index in [0.717, 1.165) is 50.3 Å². The van der Waals surface area contributed by atoms with E-state index in [2.05, 4.69) is 74.3 Å². The van der Waals surface area contributed by atoms with Crippen molar-refractivity contribution in [2.24, 2.45) is 0 Å². The standard InChI is InChI=1S/C31H42N4O2/c1-30(2,3)22-8-11-24(12-9-22)32-29(37)26-21-35(19-18-34-16-14-33(7)15-17-34)27-13-10-23(31(4,5)6)20-25(27)28(26)36/h8-13,20-21H,14-19H2,1-7H3,(H,32,37). The van der Waals surface area contributed by atoms with Crippen LogP contribution in [0, 0.1) is 0 Å². The van der Waals surface area contributed by atoms with Gasteiger partial charge in [-0.1, -0.05) is 59.7 Å². The number of carbonyl (C=O) groups is 1. The van der Waals surface area contributed by atoms with Gasteiger partial charge in [0.15, 0.2) is 0 Å². The van der Waals surface area contributed by atoms with Crippen molar-refractivity contribution >= 4 is 22.5 Å². The lowest BCUT2D eigenvalue weighted by Crippen LogP contribution is -2.45. The van der Waals surface area contributed by atoms with E-state index < -0.39 is 0 Å². The highest BCUT2D eigenvalue weighted by atomic mass is 16.2. The van der Waals surface area contributed by atoms with Crippen molar-refractivity contribution in [3.8, 4) is 0 Å². The first-order valence-corrected chi connectivity index (χ1v) is 13.3. The second-order valence-corrected chi connectivity index (χ2v) is 12.5. The molecule has 198 valence electrons. The molecule has 0 unspecified atom stereocenters. The van der Waals surface area contributed by atoms with Crippen molar-refractivity contribution in [1.29, 1.82) is 0 Å². The Labute approximate surface area is 221 Å². The fourth-order valence-electron chi connectivity index (χ4n) is 4.78. The van der Waals surface area contributed by atoms with Crippen LogP contribution in [0.2, 0.25) is 0 Å². The lowest BCUT2D eigenvalue weighted by atomic mass is 9.86. The van der Waals surface area contributed by atoms with Crippen molar-refractivity contribution < 1.29 is 4.79 Å². The molecule has 1 aliphatic heterocycles. The first-order chi connectivity index (χ1) is 17.3. The average Bonchev–Trinajstić information content (AvgIpc) is 2.83. The first kappa shape index (κ1) is 27.1. The van der Waals surface area contributed by atoms with E-state index in [1.54, 1.807) is 6.20 Å². The summed E-state index contributed by atoms with van der Waals surface area (Å²) < 4.78 is 2.08. The van der Waals surface area contributed by atoms with Crippen LogP contribution in [0.4, 0.5) is 5.69 Å². The molecule has 0 radical (unpaired) electrons. The van der Waals surface area contributed by atoms with Gasteiger partial charge in [0.2, 0.25) is 5.43 Å². The number of nitrogens with one attached hydrogen (secondary N) is 1. The maximum atomic E-state index is 13.6. The number of benzene rings is 2. The molecule has 6 nitrogen and oxygen atoms in total. The predicted octanol–water partition coefficient (Wildman–Crippen LogP) is 5.10. The Morgan fingerprint density at radius 3 is 2.03 bits per heavy atom. The Kier molecular flexibility index (Phi) is 7.63. The average molecular weight is 503 g/mol. The predicted molar refractivity (Wildman–Crippen MR) is 154 cm³/mol. The number of piperazine rings is 1. The highest BCUT2D eigenvalue weighted by Crippen LogP contribution is 2.26. The van der Waals surface area contributed by atoms with E-state index in [1.807, 2.05) is 36.4 Å². The molecule has 0 spiro atoms. The summed E-state index contributed by atoms with van der Waals surface area (Å²) in [5, 5.41) is 3.56. The summed E-state index contributed by atoms with van der Waals surface area (Å²) >= 11 is 0. The van der Waals surface area contributed by atoms with Gasteiger partial charge in [-0.2, -0.15) is 0 Å². The van der Waals surface area contributed by atoms with Crippen LogP contribution in [0.3, 0.4) is 0 Å². The molecule has 1 amide bonds. The Balaban J connectivity index is 1.68. The van der Waals surface area contributed by atoms with Crippen molar-refractivity contribution in [3.63, 3.8) is 0 Å². The third-order valence-electron chi connectivity index (χ3n) is 7.45. The number of aromatic nitrogens is 1. The van der Waals surface area contributed by atoms with E-state index in [-0.39, 0.29) is 27.7 Å². The summed E-state index contributed by atoms with van der Waals surface area (Å²) in [4.78, 5) is 31.8. The molecule has 2 heterocycles. The molecule has 2 aromatic carbocycles. The summed E-state index contributed by atoms with van der Waals surface area (Å²) in [7, 11) is 2.15. The highest BCUT2D eigenvalue weighted by Gasteiger charge is 2.21. The van der Waals surface area contributed by atoms with Crippen molar-refractivity contribution in [2.75, 3.05) is 45.1 Å². The quantitative estimate of drug-likeness (QED) is 0.528. The van der Waals surface area contributed by atoms with Crippen LogP contribution < -0.4 is 10.7 Å². The van der Waals surface area contributed by atoms with Crippen molar-refractivity contribution in [3.05, 3.63) is 75.6 Å². The van der Waals surface area contributed by atoms with Crippen LogP contribution in [0.5, 0.6) is 0 Å². The van der Waals surface area contributed by atoms with Gasteiger partial charge in [0.05, 0.1) is 5.52 Å². The topological polar surface area (TPSA) is 57.6 Å². The Morgan fingerprint density at radius 2 is 1.43 bits per heavy atom. The Morgan fingerprint density at radius 1 is 0.838 bits per heavy atom. The fraction of sp³-hybridized carbons (Fsp3) is 0.484. The smallest absolute Gasteiger partial charge is 0.261 e. The summed E-state index contributed by atoms with van der Waals surface area (Å²) in [6.07, 6.45) is 1.75. The first-order valence-electron chi connectivity index (χ1n) is 13.3. The second kappa shape index (κ2) is 10.4. The van der Waals surface area contributed by atoms with Gasteiger partial charge in [-0.15, -0.1) is 0 Å². The maximum Gasteiger partial charge on any atom is 0.261 e.